The van der Waals surface area contributed by atoms with Gasteiger partial charge in [0.25, 0.3) is 11.8 Å². The highest BCUT2D eigenvalue weighted by molar-refractivity contribution is 5.94. The van der Waals surface area contributed by atoms with Gasteiger partial charge in [0.2, 0.25) is 0 Å². The van der Waals surface area contributed by atoms with E-state index in [4.69, 9.17) is 4.74 Å². The minimum atomic E-state index is -0.372. The van der Waals surface area contributed by atoms with E-state index in [1.54, 1.807) is 10.6 Å². The Morgan fingerprint density at radius 3 is 2.96 bits per heavy atom. The second kappa shape index (κ2) is 7.59. The van der Waals surface area contributed by atoms with E-state index in [0.717, 1.165) is 24.1 Å². The zero-order valence-electron chi connectivity index (χ0n) is 14.7. The Morgan fingerprint density at radius 1 is 1.22 bits per heavy atom. The van der Waals surface area contributed by atoms with Gasteiger partial charge in [-0.1, -0.05) is 18.2 Å². The molecule has 0 saturated carbocycles. The molecule has 7 nitrogen and oxygen atoms in total. The van der Waals surface area contributed by atoms with Crippen LogP contribution in [0.2, 0.25) is 0 Å². The molecule has 0 aliphatic carbocycles. The number of aromatic nitrogens is 2. The molecule has 2 amide bonds. The number of hydrogen-bond acceptors (Lipinski definition) is 4. The van der Waals surface area contributed by atoms with Crippen LogP contribution in [-0.2, 0) is 16.1 Å². The summed E-state index contributed by atoms with van der Waals surface area (Å²) >= 11 is 0. The molecule has 3 heterocycles. The van der Waals surface area contributed by atoms with Gasteiger partial charge >= 0.3 is 0 Å². The molecule has 1 fully saturated rings. The van der Waals surface area contributed by atoms with Crippen LogP contribution in [0.4, 0.5) is 5.69 Å². The number of benzene rings is 1. The minimum absolute atomic E-state index is 0.126. The first-order valence-corrected chi connectivity index (χ1v) is 8.92. The van der Waals surface area contributed by atoms with Crippen molar-refractivity contribution in [2.45, 2.75) is 25.5 Å². The summed E-state index contributed by atoms with van der Waals surface area (Å²) in [4.78, 5) is 28.8. The zero-order chi connectivity index (χ0) is 18.6. The molecule has 0 spiro atoms. The highest BCUT2D eigenvalue weighted by Crippen LogP contribution is 2.16. The third-order valence-corrected chi connectivity index (χ3v) is 4.47. The van der Waals surface area contributed by atoms with Crippen molar-refractivity contribution in [3.63, 3.8) is 0 Å². The fourth-order valence-corrected chi connectivity index (χ4v) is 3.08. The Balaban J connectivity index is 1.37. The summed E-state index contributed by atoms with van der Waals surface area (Å²) < 4.78 is 7.19. The van der Waals surface area contributed by atoms with Gasteiger partial charge in [0, 0.05) is 31.2 Å². The van der Waals surface area contributed by atoms with Crippen molar-refractivity contribution in [2.75, 3.05) is 11.9 Å². The van der Waals surface area contributed by atoms with E-state index in [1.807, 2.05) is 48.7 Å². The lowest BCUT2D eigenvalue weighted by atomic mass is 10.2. The molecule has 1 unspecified atom stereocenters. The van der Waals surface area contributed by atoms with Crippen molar-refractivity contribution >= 4 is 23.1 Å². The first-order valence-electron chi connectivity index (χ1n) is 8.92. The summed E-state index contributed by atoms with van der Waals surface area (Å²) in [6.45, 7) is 0.976. The average Bonchev–Trinajstić information content (AvgIpc) is 3.36. The maximum Gasteiger partial charge on any atom is 0.271 e. The summed E-state index contributed by atoms with van der Waals surface area (Å²) in [6.07, 6.45) is 4.83. The molecule has 1 atom stereocenters. The fourth-order valence-electron chi connectivity index (χ4n) is 3.08. The minimum Gasteiger partial charge on any atom is -0.368 e. The maximum atomic E-state index is 12.4. The number of amides is 2. The van der Waals surface area contributed by atoms with Crippen molar-refractivity contribution in [3.05, 3.63) is 66.1 Å². The molecule has 7 heteroatoms. The monoisotopic (exact) mass is 364 g/mol. The SMILES string of the molecule is O=C(NCc1cccc(NC(=O)C2CCCO2)c1)c1cn2ccccc2n1. The number of carbonyl (C=O) groups is 2. The van der Waals surface area contributed by atoms with Crippen LogP contribution in [-0.4, -0.2) is 33.9 Å². The van der Waals surface area contributed by atoms with Gasteiger partial charge in [-0.05, 0) is 42.7 Å². The molecular formula is C20H20N4O3. The number of fused-ring (bicyclic) bond motifs is 1. The number of anilines is 1. The molecular weight excluding hydrogens is 344 g/mol. The lowest BCUT2D eigenvalue weighted by molar-refractivity contribution is -0.124. The van der Waals surface area contributed by atoms with E-state index in [9.17, 15) is 9.59 Å². The van der Waals surface area contributed by atoms with Crippen LogP contribution >= 0.6 is 0 Å². The van der Waals surface area contributed by atoms with Gasteiger partial charge < -0.3 is 19.8 Å². The predicted octanol–water partition coefficient (Wildman–Crippen LogP) is 2.38. The van der Waals surface area contributed by atoms with Crippen LogP contribution in [0.1, 0.15) is 28.9 Å². The number of carbonyl (C=O) groups excluding carboxylic acids is 2. The smallest absolute Gasteiger partial charge is 0.271 e. The van der Waals surface area contributed by atoms with E-state index in [-0.39, 0.29) is 17.9 Å². The first kappa shape index (κ1) is 17.2. The second-order valence-corrected chi connectivity index (χ2v) is 6.47. The second-order valence-electron chi connectivity index (χ2n) is 6.47. The molecule has 0 bridgehead atoms. The summed E-state index contributed by atoms with van der Waals surface area (Å²) in [6, 6.07) is 13.0. The quantitative estimate of drug-likeness (QED) is 0.728. The van der Waals surface area contributed by atoms with Crippen LogP contribution in [0.3, 0.4) is 0 Å². The molecule has 27 heavy (non-hydrogen) atoms. The van der Waals surface area contributed by atoms with Crippen molar-refractivity contribution in [1.29, 1.82) is 0 Å². The molecule has 2 aromatic heterocycles. The van der Waals surface area contributed by atoms with Gasteiger partial charge in [-0.25, -0.2) is 4.98 Å². The molecule has 1 aromatic carbocycles. The number of hydrogen-bond donors (Lipinski definition) is 2. The summed E-state index contributed by atoms with van der Waals surface area (Å²) in [5, 5.41) is 5.73. The average molecular weight is 364 g/mol. The number of ether oxygens (including phenoxy) is 1. The number of pyridine rings is 1. The van der Waals surface area contributed by atoms with E-state index >= 15 is 0 Å². The number of nitrogens with zero attached hydrogens (tertiary/aromatic N) is 2. The van der Waals surface area contributed by atoms with E-state index in [0.29, 0.717) is 24.5 Å². The molecule has 1 saturated heterocycles. The molecule has 138 valence electrons. The molecule has 2 N–H and O–H groups in total. The van der Waals surface area contributed by atoms with Gasteiger partial charge in [-0.15, -0.1) is 0 Å². The molecule has 4 rings (SSSR count). The van der Waals surface area contributed by atoms with Crippen LogP contribution in [0.25, 0.3) is 5.65 Å². The molecule has 1 aliphatic heterocycles. The van der Waals surface area contributed by atoms with Gasteiger partial charge in [0.05, 0.1) is 0 Å². The molecule has 1 aliphatic rings. The van der Waals surface area contributed by atoms with Gasteiger partial charge in [0.1, 0.15) is 17.4 Å². The molecule has 3 aromatic rings. The topological polar surface area (TPSA) is 84.7 Å². The Labute approximate surface area is 156 Å². The van der Waals surface area contributed by atoms with Gasteiger partial charge in [0.15, 0.2) is 0 Å². The van der Waals surface area contributed by atoms with Crippen LogP contribution in [0, 0.1) is 0 Å². The van der Waals surface area contributed by atoms with Gasteiger partial charge in [-0.3, -0.25) is 9.59 Å². The number of nitrogens with one attached hydrogen (secondary N) is 2. The first-order chi connectivity index (χ1) is 13.2. The zero-order valence-corrected chi connectivity index (χ0v) is 14.7. The summed E-state index contributed by atoms with van der Waals surface area (Å²) in [7, 11) is 0. The standard InChI is InChI=1S/C20H20N4O3/c25-19(16-13-24-9-2-1-8-18(24)23-16)21-12-14-5-3-6-15(11-14)22-20(26)17-7-4-10-27-17/h1-3,5-6,8-9,11,13,17H,4,7,10,12H2,(H,21,25)(H,22,26). The lowest BCUT2D eigenvalue weighted by Gasteiger charge is -2.11. The maximum absolute atomic E-state index is 12.4. The van der Waals surface area contributed by atoms with Crippen LogP contribution < -0.4 is 10.6 Å². The highest BCUT2D eigenvalue weighted by Gasteiger charge is 2.23. The Morgan fingerprint density at radius 2 is 2.15 bits per heavy atom. The third kappa shape index (κ3) is 3.98. The van der Waals surface area contributed by atoms with Crippen LogP contribution in [0.5, 0.6) is 0 Å². The fraction of sp³-hybridized carbons (Fsp3) is 0.250. The van der Waals surface area contributed by atoms with Crippen molar-refractivity contribution < 1.29 is 14.3 Å². The Hall–Kier alpha value is -3.19. The Bertz CT molecular complexity index is 943. The number of imidazole rings is 1. The van der Waals surface area contributed by atoms with Crippen molar-refractivity contribution in [3.8, 4) is 0 Å². The highest BCUT2D eigenvalue weighted by atomic mass is 16.5. The predicted molar refractivity (Wildman–Crippen MR) is 100 cm³/mol. The Kier molecular flexibility index (Phi) is 4.84. The summed E-state index contributed by atoms with van der Waals surface area (Å²) in [5.74, 6) is -0.370. The molecule has 0 radical (unpaired) electrons. The van der Waals surface area contributed by atoms with E-state index < -0.39 is 0 Å². The summed E-state index contributed by atoms with van der Waals surface area (Å²) in [5.41, 5.74) is 2.66. The van der Waals surface area contributed by atoms with E-state index in [2.05, 4.69) is 15.6 Å². The number of rotatable bonds is 5. The largest absolute Gasteiger partial charge is 0.368 e. The van der Waals surface area contributed by atoms with E-state index in [1.165, 1.54) is 0 Å². The third-order valence-electron chi connectivity index (χ3n) is 4.47. The van der Waals surface area contributed by atoms with Crippen molar-refractivity contribution in [1.82, 2.24) is 14.7 Å². The lowest BCUT2D eigenvalue weighted by Crippen LogP contribution is -2.27. The van der Waals surface area contributed by atoms with Crippen LogP contribution in [0.15, 0.2) is 54.9 Å². The van der Waals surface area contributed by atoms with Crippen molar-refractivity contribution in [2.24, 2.45) is 0 Å². The van der Waals surface area contributed by atoms with Gasteiger partial charge in [-0.2, -0.15) is 0 Å². The normalized spacial score (nSPS) is 16.4.